The summed E-state index contributed by atoms with van der Waals surface area (Å²) in [7, 11) is 0. The van der Waals surface area contributed by atoms with Crippen LogP contribution in [0, 0.1) is 0 Å². The first-order valence-electron chi connectivity index (χ1n) is 9.98. The molecule has 7 nitrogen and oxygen atoms in total. The molecule has 30 heavy (non-hydrogen) atoms. The third-order valence-electron chi connectivity index (χ3n) is 5.07. The number of aliphatic hydroxyl groups is 1. The summed E-state index contributed by atoms with van der Waals surface area (Å²) in [5.74, 6) is -1.55. The van der Waals surface area contributed by atoms with Crippen molar-refractivity contribution < 1.29 is 33.6 Å². The molecule has 0 spiro atoms. The lowest BCUT2D eigenvalue weighted by Gasteiger charge is -2.38. The van der Waals surface area contributed by atoms with Crippen LogP contribution < -0.4 is 0 Å². The maximum Gasteiger partial charge on any atom is 0.338 e. The van der Waals surface area contributed by atoms with E-state index in [9.17, 15) is 9.90 Å². The Morgan fingerprint density at radius 1 is 0.933 bits per heavy atom. The van der Waals surface area contributed by atoms with Crippen LogP contribution in [-0.2, 0) is 41.7 Å². The normalized spacial score (nSPS) is 29.9. The van der Waals surface area contributed by atoms with Crippen molar-refractivity contribution in [3.8, 4) is 0 Å². The van der Waals surface area contributed by atoms with Crippen molar-refractivity contribution in [3.05, 3.63) is 71.8 Å². The van der Waals surface area contributed by atoms with Crippen LogP contribution in [0.1, 0.15) is 25.0 Å². The van der Waals surface area contributed by atoms with Gasteiger partial charge in [0.05, 0.1) is 6.61 Å². The second-order valence-electron chi connectivity index (χ2n) is 7.87. The smallest absolute Gasteiger partial charge is 0.338 e. The van der Waals surface area contributed by atoms with E-state index in [0.29, 0.717) is 0 Å². The zero-order valence-electron chi connectivity index (χ0n) is 17.0. The van der Waals surface area contributed by atoms with Crippen molar-refractivity contribution in [3.63, 3.8) is 0 Å². The highest BCUT2D eigenvalue weighted by Crippen LogP contribution is 2.38. The molecule has 1 N–H and O–H groups in total. The van der Waals surface area contributed by atoms with Gasteiger partial charge in [0.15, 0.2) is 18.2 Å². The number of carbonyl (C=O) groups is 1. The Morgan fingerprint density at radius 3 is 2.13 bits per heavy atom. The summed E-state index contributed by atoms with van der Waals surface area (Å²) >= 11 is 0. The Hall–Kier alpha value is -2.29. The minimum atomic E-state index is -1.11. The molecule has 2 aliphatic rings. The largest absolute Gasteiger partial charge is 0.459 e. The standard InChI is InChI=1S/C23H26O7/c1-23(2)29-18-17(24)22(27-14-16-11-7-4-8-12-16)28-20(19(18)30-23)21(25)26-13-15-9-5-3-6-10-15/h3-12,17-20,22,24H,13-14H2,1-2H3/t17-,18-,19-,20+,22?/m1/s1. The summed E-state index contributed by atoms with van der Waals surface area (Å²) in [4.78, 5) is 12.8. The lowest BCUT2D eigenvalue weighted by Crippen LogP contribution is -2.59. The van der Waals surface area contributed by atoms with Gasteiger partial charge < -0.3 is 28.8 Å². The number of rotatable bonds is 6. The van der Waals surface area contributed by atoms with Crippen molar-refractivity contribution in [2.45, 2.75) is 63.6 Å². The Kier molecular flexibility index (Phi) is 6.17. The first-order valence-corrected chi connectivity index (χ1v) is 9.98. The van der Waals surface area contributed by atoms with Gasteiger partial charge in [0.25, 0.3) is 0 Å². The summed E-state index contributed by atoms with van der Waals surface area (Å²) in [6, 6.07) is 18.9. The Bertz CT molecular complexity index is 839. The molecule has 4 rings (SSSR count). The SMILES string of the molecule is CC1(C)O[C@@H]2[C@H](O1)[C@@H](O)C(OCc1ccccc1)O[C@@H]2C(=O)OCc1ccccc1. The van der Waals surface area contributed by atoms with Crippen molar-refractivity contribution in [1.29, 1.82) is 0 Å². The monoisotopic (exact) mass is 414 g/mol. The van der Waals surface area contributed by atoms with Gasteiger partial charge >= 0.3 is 5.97 Å². The summed E-state index contributed by atoms with van der Waals surface area (Å²) in [6.45, 7) is 3.78. The minimum absolute atomic E-state index is 0.110. The van der Waals surface area contributed by atoms with E-state index in [1.54, 1.807) is 13.8 Å². The molecule has 0 radical (unpaired) electrons. The van der Waals surface area contributed by atoms with E-state index < -0.39 is 42.5 Å². The van der Waals surface area contributed by atoms with Crippen LogP contribution >= 0.6 is 0 Å². The van der Waals surface area contributed by atoms with E-state index in [4.69, 9.17) is 23.7 Å². The molecule has 0 aromatic heterocycles. The van der Waals surface area contributed by atoms with Gasteiger partial charge in [0.1, 0.15) is 24.9 Å². The minimum Gasteiger partial charge on any atom is -0.459 e. The fraction of sp³-hybridized carbons (Fsp3) is 0.435. The van der Waals surface area contributed by atoms with Gasteiger partial charge in [-0.25, -0.2) is 4.79 Å². The Balaban J connectivity index is 1.46. The van der Waals surface area contributed by atoms with E-state index in [1.165, 1.54) is 0 Å². The molecule has 0 amide bonds. The highest BCUT2D eigenvalue weighted by Gasteiger charge is 2.57. The summed E-state index contributed by atoms with van der Waals surface area (Å²) < 4.78 is 28.8. The van der Waals surface area contributed by atoms with Crippen LogP contribution in [0.15, 0.2) is 60.7 Å². The predicted molar refractivity (Wildman–Crippen MR) is 106 cm³/mol. The number of benzene rings is 2. The van der Waals surface area contributed by atoms with Gasteiger partial charge in [-0.15, -0.1) is 0 Å². The molecule has 1 unspecified atom stereocenters. The van der Waals surface area contributed by atoms with Crippen molar-refractivity contribution >= 4 is 5.97 Å². The molecule has 0 saturated carbocycles. The van der Waals surface area contributed by atoms with Crippen molar-refractivity contribution in [2.75, 3.05) is 0 Å². The number of fused-ring (bicyclic) bond motifs is 1. The number of esters is 1. The average molecular weight is 414 g/mol. The van der Waals surface area contributed by atoms with Crippen LogP contribution in [0.25, 0.3) is 0 Å². The van der Waals surface area contributed by atoms with Crippen molar-refractivity contribution in [1.82, 2.24) is 0 Å². The van der Waals surface area contributed by atoms with Crippen LogP contribution in [0.4, 0.5) is 0 Å². The van der Waals surface area contributed by atoms with Crippen LogP contribution in [0.5, 0.6) is 0 Å². The molecule has 2 saturated heterocycles. The molecule has 2 aromatic rings. The fourth-order valence-corrected chi connectivity index (χ4v) is 3.66. The maximum atomic E-state index is 12.8. The predicted octanol–water partition coefficient (Wildman–Crippen LogP) is 2.55. The molecule has 0 aliphatic carbocycles. The van der Waals surface area contributed by atoms with E-state index >= 15 is 0 Å². The third kappa shape index (κ3) is 4.71. The van der Waals surface area contributed by atoms with E-state index in [-0.39, 0.29) is 13.2 Å². The van der Waals surface area contributed by atoms with Crippen LogP contribution in [0.3, 0.4) is 0 Å². The average Bonchev–Trinajstić information content (AvgIpc) is 3.08. The van der Waals surface area contributed by atoms with Gasteiger partial charge in [-0.1, -0.05) is 60.7 Å². The zero-order chi connectivity index (χ0) is 21.1. The first-order chi connectivity index (χ1) is 14.4. The highest BCUT2D eigenvalue weighted by molar-refractivity contribution is 5.76. The highest BCUT2D eigenvalue weighted by atomic mass is 16.8. The van der Waals surface area contributed by atoms with Gasteiger partial charge in [0, 0.05) is 0 Å². The molecule has 2 fully saturated rings. The van der Waals surface area contributed by atoms with Gasteiger partial charge in [-0.05, 0) is 25.0 Å². The van der Waals surface area contributed by atoms with Crippen LogP contribution in [-0.4, -0.2) is 47.6 Å². The molecule has 0 bridgehead atoms. The number of hydrogen-bond donors (Lipinski definition) is 1. The number of ether oxygens (including phenoxy) is 5. The van der Waals surface area contributed by atoms with E-state index in [1.807, 2.05) is 60.7 Å². The number of carbonyl (C=O) groups excluding carboxylic acids is 1. The number of aliphatic hydroxyl groups excluding tert-OH is 1. The molecular weight excluding hydrogens is 388 g/mol. The van der Waals surface area contributed by atoms with Gasteiger partial charge in [0.2, 0.25) is 0 Å². The lowest BCUT2D eigenvalue weighted by atomic mass is 9.99. The first kappa shape index (κ1) is 21.0. The summed E-state index contributed by atoms with van der Waals surface area (Å²) in [5, 5.41) is 10.7. The molecule has 2 aromatic carbocycles. The van der Waals surface area contributed by atoms with E-state index in [0.717, 1.165) is 11.1 Å². The molecular formula is C23H26O7. The number of hydrogen-bond acceptors (Lipinski definition) is 7. The molecule has 160 valence electrons. The second-order valence-corrected chi connectivity index (χ2v) is 7.87. The zero-order valence-corrected chi connectivity index (χ0v) is 17.0. The van der Waals surface area contributed by atoms with Crippen molar-refractivity contribution in [2.24, 2.45) is 0 Å². The lowest BCUT2D eigenvalue weighted by molar-refractivity contribution is -0.280. The second kappa shape index (κ2) is 8.83. The molecule has 7 heteroatoms. The van der Waals surface area contributed by atoms with Crippen LogP contribution in [0.2, 0.25) is 0 Å². The topological polar surface area (TPSA) is 83.5 Å². The molecule has 5 atom stereocenters. The maximum absolute atomic E-state index is 12.8. The fourth-order valence-electron chi connectivity index (χ4n) is 3.66. The third-order valence-corrected chi connectivity index (χ3v) is 5.07. The Morgan fingerprint density at radius 2 is 1.50 bits per heavy atom. The van der Waals surface area contributed by atoms with Gasteiger partial charge in [-0.2, -0.15) is 0 Å². The molecule has 2 heterocycles. The molecule has 2 aliphatic heterocycles. The summed E-state index contributed by atoms with van der Waals surface area (Å²) in [5.41, 5.74) is 1.78. The summed E-state index contributed by atoms with van der Waals surface area (Å²) in [6.07, 6.45) is -4.82. The van der Waals surface area contributed by atoms with E-state index in [2.05, 4.69) is 0 Å². The van der Waals surface area contributed by atoms with Gasteiger partial charge in [-0.3, -0.25) is 0 Å². The Labute approximate surface area is 175 Å². The quantitative estimate of drug-likeness (QED) is 0.728.